The Morgan fingerprint density at radius 1 is 1.22 bits per heavy atom. The van der Waals surface area contributed by atoms with E-state index in [1.165, 1.54) is 0 Å². The van der Waals surface area contributed by atoms with Gasteiger partial charge in [-0.05, 0) is 43.2 Å². The average Bonchev–Trinajstić information content (AvgIpc) is 3.17. The molecule has 3 heterocycles. The number of rotatable bonds is 4. The van der Waals surface area contributed by atoms with Crippen LogP contribution >= 0.6 is 0 Å². The molecule has 0 aliphatic carbocycles. The van der Waals surface area contributed by atoms with Crippen molar-refractivity contribution < 1.29 is 14.3 Å². The van der Waals surface area contributed by atoms with Gasteiger partial charge in [-0.2, -0.15) is 5.10 Å². The average molecular weight is 366 g/mol. The maximum absolute atomic E-state index is 13.0. The van der Waals surface area contributed by atoms with Gasteiger partial charge in [-0.3, -0.25) is 9.89 Å². The molecule has 0 radical (unpaired) electrons. The molecule has 0 saturated carbocycles. The number of pyridine rings is 1. The van der Waals surface area contributed by atoms with Gasteiger partial charge >= 0.3 is 0 Å². The lowest BCUT2D eigenvalue weighted by Crippen LogP contribution is -2.39. The summed E-state index contributed by atoms with van der Waals surface area (Å²) in [6, 6.07) is 9.22. The first-order valence-corrected chi connectivity index (χ1v) is 9.01. The van der Waals surface area contributed by atoms with Gasteiger partial charge in [0.25, 0.3) is 5.91 Å². The smallest absolute Gasteiger partial charge is 0.254 e. The number of nitrogens with zero attached hydrogens (tertiary/aromatic N) is 3. The van der Waals surface area contributed by atoms with E-state index in [0.717, 1.165) is 36.1 Å². The summed E-state index contributed by atoms with van der Waals surface area (Å²) in [4.78, 5) is 19.2. The number of nitrogens with one attached hydrogen (secondary N) is 1. The molecule has 140 valence electrons. The zero-order valence-corrected chi connectivity index (χ0v) is 15.4. The molecule has 1 atom stereocenters. The van der Waals surface area contributed by atoms with Crippen LogP contribution < -0.4 is 9.47 Å². The maximum Gasteiger partial charge on any atom is 0.254 e. The normalized spacial score (nSPS) is 17.1. The van der Waals surface area contributed by atoms with Crippen molar-refractivity contribution in [3.8, 4) is 11.5 Å². The molecule has 4 rings (SSSR count). The number of H-pyrrole nitrogens is 1. The van der Waals surface area contributed by atoms with Crippen LogP contribution in [0.25, 0.3) is 11.0 Å². The van der Waals surface area contributed by atoms with Crippen molar-refractivity contribution in [1.82, 2.24) is 20.1 Å². The first-order chi connectivity index (χ1) is 13.2. The van der Waals surface area contributed by atoms with Crippen molar-refractivity contribution in [2.24, 2.45) is 0 Å². The molecule has 1 aliphatic rings. The number of aromatic amines is 1. The highest BCUT2D eigenvalue weighted by molar-refractivity contribution is 5.95. The summed E-state index contributed by atoms with van der Waals surface area (Å²) in [7, 11) is 3.15. The molecule has 1 amide bonds. The maximum atomic E-state index is 13.0. The fourth-order valence-corrected chi connectivity index (χ4v) is 3.73. The monoisotopic (exact) mass is 366 g/mol. The van der Waals surface area contributed by atoms with Crippen molar-refractivity contribution in [3.05, 3.63) is 47.8 Å². The lowest BCUT2D eigenvalue weighted by molar-refractivity contribution is 0.0706. The highest BCUT2D eigenvalue weighted by atomic mass is 16.5. The van der Waals surface area contributed by atoms with E-state index in [2.05, 4.69) is 15.2 Å². The van der Waals surface area contributed by atoms with Crippen LogP contribution in [-0.4, -0.2) is 53.3 Å². The molecule has 1 saturated heterocycles. The molecule has 1 N–H and O–H groups in total. The van der Waals surface area contributed by atoms with Gasteiger partial charge in [-0.15, -0.1) is 0 Å². The third kappa shape index (κ3) is 3.20. The van der Waals surface area contributed by atoms with Gasteiger partial charge in [0.2, 0.25) is 0 Å². The Hall–Kier alpha value is -3.09. The summed E-state index contributed by atoms with van der Waals surface area (Å²) in [5.74, 6) is 1.39. The second-order valence-electron chi connectivity index (χ2n) is 6.67. The summed E-state index contributed by atoms with van der Waals surface area (Å²) in [6.45, 7) is 1.40. The van der Waals surface area contributed by atoms with E-state index in [1.807, 2.05) is 17.0 Å². The van der Waals surface area contributed by atoms with Crippen molar-refractivity contribution in [2.45, 2.75) is 18.8 Å². The minimum Gasteiger partial charge on any atom is -0.493 e. The summed E-state index contributed by atoms with van der Waals surface area (Å²) in [5, 5.41) is 8.45. The van der Waals surface area contributed by atoms with Crippen LogP contribution in [0.3, 0.4) is 0 Å². The molecule has 0 unspecified atom stereocenters. The molecule has 1 fully saturated rings. The number of carbonyl (C=O) groups is 1. The Balaban J connectivity index is 1.57. The highest BCUT2D eigenvalue weighted by Gasteiger charge is 2.28. The van der Waals surface area contributed by atoms with Crippen LogP contribution in [0, 0.1) is 0 Å². The van der Waals surface area contributed by atoms with Gasteiger partial charge in [0.1, 0.15) is 0 Å². The SMILES string of the molecule is COc1ccc(C(=O)N2CCC[C@@H](c3[nH]nc4ncccc34)C2)cc1OC. The van der Waals surface area contributed by atoms with Crippen LogP contribution in [0.5, 0.6) is 11.5 Å². The summed E-state index contributed by atoms with van der Waals surface area (Å²) >= 11 is 0. The molecule has 27 heavy (non-hydrogen) atoms. The molecule has 0 spiro atoms. The number of aromatic nitrogens is 3. The van der Waals surface area contributed by atoms with Gasteiger partial charge < -0.3 is 14.4 Å². The first kappa shape index (κ1) is 17.3. The Bertz CT molecular complexity index is 969. The largest absolute Gasteiger partial charge is 0.493 e. The second-order valence-corrected chi connectivity index (χ2v) is 6.67. The Morgan fingerprint density at radius 2 is 2.07 bits per heavy atom. The van der Waals surface area contributed by atoms with Crippen LogP contribution in [0.4, 0.5) is 0 Å². The fraction of sp³-hybridized carbons (Fsp3) is 0.350. The minimum absolute atomic E-state index is 0.00241. The summed E-state index contributed by atoms with van der Waals surface area (Å²) in [5.41, 5.74) is 2.38. The minimum atomic E-state index is 0.00241. The number of amides is 1. The first-order valence-electron chi connectivity index (χ1n) is 9.01. The standard InChI is InChI=1S/C20H22N4O3/c1-26-16-8-7-13(11-17(16)27-2)20(25)24-10-4-5-14(12-24)18-15-6-3-9-21-19(15)23-22-18/h3,6-9,11,14H,4-5,10,12H2,1-2H3,(H,21,22,23)/t14-/m1/s1. The van der Waals surface area contributed by atoms with Crippen LogP contribution in [0.15, 0.2) is 36.5 Å². The molecule has 3 aromatic rings. The quantitative estimate of drug-likeness (QED) is 0.768. The van der Waals surface area contributed by atoms with Crippen molar-refractivity contribution in [2.75, 3.05) is 27.3 Å². The van der Waals surface area contributed by atoms with Crippen molar-refractivity contribution in [1.29, 1.82) is 0 Å². The summed E-state index contributed by atoms with van der Waals surface area (Å²) < 4.78 is 10.6. The molecule has 1 aromatic carbocycles. The number of benzene rings is 1. The number of methoxy groups -OCH3 is 2. The summed E-state index contributed by atoms with van der Waals surface area (Å²) in [6.07, 6.45) is 3.70. The fourth-order valence-electron chi connectivity index (χ4n) is 3.73. The van der Waals surface area contributed by atoms with E-state index in [0.29, 0.717) is 23.6 Å². The van der Waals surface area contributed by atoms with Gasteiger partial charge in [0, 0.05) is 41.8 Å². The number of likely N-dealkylation sites (tertiary alicyclic amines) is 1. The van der Waals surface area contributed by atoms with E-state index in [9.17, 15) is 4.79 Å². The Labute approximate surface area is 157 Å². The number of ether oxygens (including phenoxy) is 2. The zero-order chi connectivity index (χ0) is 18.8. The van der Waals surface area contributed by atoms with Crippen LogP contribution in [0.1, 0.15) is 34.8 Å². The number of fused-ring (bicyclic) bond motifs is 1. The topological polar surface area (TPSA) is 80.3 Å². The van der Waals surface area contributed by atoms with E-state index >= 15 is 0 Å². The number of hydrogen-bond donors (Lipinski definition) is 1. The van der Waals surface area contributed by atoms with Gasteiger partial charge in [-0.25, -0.2) is 4.98 Å². The van der Waals surface area contributed by atoms with Gasteiger partial charge in [-0.1, -0.05) is 0 Å². The molecule has 1 aliphatic heterocycles. The van der Waals surface area contributed by atoms with E-state index in [1.54, 1.807) is 38.6 Å². The lowest BCUT2D eigenvalue weighted by atomic mass is 9.93. The predicted molar refractivity (Wildman–Crippen MR) is 101 cm³/mol. The van der Waals surface area contributed by atoms with Crippen molar-refractivity contribution >= 4 is 16.9 Å². The molecule has 7 nitrogen and oxygen atoms in total. The van der Waals surface area contributed by atoms with E-state index in [4.69, 9.17) is 9.47 Å². The van der Waals surface area contributed by atoms with E-state index in [-0.39, 0.29) is 11.8 Å². The number of carbonyl (C=O) groups excluding carboxylic acids is 1. The third-order valence-corrected chi connectivity index (χ3v) is 5.11. The molecular weight excluding hydrogens is 344 g/mol. The molecule has 7 heteroatoms. The third-order valence-electron chi connectivity index (χ3n) is 5.11. The molecule has 0 bridgehead atoms. The zero-order valence-electron chi connectivity index (χ0n) is 15.4. The lowest BCUT2D eigenvalue weighted by Gasteiger charge is -2.32. The second kappa shape index (κ2) is 7.26. The van der Waals surface area contributed by atoms with Crippen molar-refractivity contribution in [3.63, 3.8) is 0 Å². The van der Waals surface area contributed by atoms with Gasteiger partial charge in [0.05, 0.1) is 14.2 Å². The highest BCUT2D eigenvalue weighted by Crippen LogP contribution is 2.32. The predicted octanol–water partition coefficient (Wildman–Crippen LogP) is 2.99. The van der Waals surface area contributed by atoms with E-state index < -0.39 is 0 Å². The van der Waals surface area contributed by atoms with Crippen LogP contribution in [-0.2, 0) is 0 Å². The van der Waals surface area contributed by atoms with Crippen LogP contribution in [0.2, 0.25) is 0 Å². The Kier molecular flexibility index (Phi) is 4.66. The molecular formula is C20H22N4O3. The van der Waals surface area contributed by atoms with Gasteiger partial charge in [0.15, 0.2) is 17.1 Å². The Morgan fingerprint density at radius 3 is 2.89 bits per heavy atom. The molecule has 2 aromatic heterocycles. The number of hydrogen-bond acceptors (Lipinski definition) is 5. The number of piperidine rings is 1.